The van der Waals surface area contributed by atoms with Crippen molar-refractivity contribution in [3.05, 3.63) is 0 Å². The number of Topliss-reactive ketones (excluding diaryl/α,β-unsaturated/α-hetero) is 1. The fourth-order valence-corrected chi connectivity index (χ4v) is 2.73. The number of ether oxygens (including phenoxy) is 1. The largest absolute Gasteiger partial charge is 0.381 e. The van der Waals surface area contributed by atoms with E-state index < -0.39 is 0 Å². The standard InChI is InChI=1S/C12H21NO2/c1-2-12(4-7-15-8-5-12)10-13-6-3-11(14)9-13/h2-10H2,1H3. The van der Waals surface area contributed by atoms with Crippen LogP contribution in [0, 0.1) is 5.41 Å². The van der Waals surface area contributed by atoms with E-state index in [1.54, 1.807) is 0 Å². The molecule has 0 saturated carbocycles. The lowest BCUT2D eigenvalue weighted by Gasteiger charge is -2.39. The van der Waals surface area contributed by atoms with Gasteiger partial charge in [-0.1, -0.05) is 6.92 Å². The van der Waals surface area contributed by atoms with Crippen molar-refractivity contribution in [3.63, 3.8) is 0 Å². The molecule has 2 fully saturated rings. The minimum atomic E-state index is 0.410. The topological polar surface area (TPSA) is 29.5 Å². The summed E-state index contributed by atoms with van der Waals surface area (Å²) in [5.74, 6) is 0.410. The number of carbonyl (C=O) groups is 1. The second kappa shape index (κ2) is 4.62. The van der Waals surface area contributed by atoms with Crippen molar-refractivity contribution in [3.8, 4) is 0 Å². The van der Waals surface area contributed by atoms with Crippen LogP contribution in [-0.2, 0) is 9.53 Å². The van der Waals surface area contributed by atoms with Gasteiger partial charge in [0.15, 0.2) is 0 Å². The summed E-state index contributed by atoms with van der Waals surface area (Å²) in [6, 6.07) is 0. The predicted molar refractivity (Wildman–Crippen MR) is 58.8 cm³/mol. The maximum Gasteiger partial charge on any atom is 0.148 e. The lowest BCUT2D eigenvalue weighted by Crippen LogP contribution is -2.40. The van der Waals surface area contributed by atoms with Gasteiger partial charge in [-0.25, -0.2) is 0 Å². The van der Waals surface area contributed by atoms with Crippen LogP contribution in [0.15, 0.2) is 0 Å². The highest BCUT2D eigenvalue weighted by Crippen LogP contribution is 2.35. The molecule has 0 bridgehead atoms. The van der Waals surface area contributed by atoms with Crippen molar-refractivity contribution >= 4 is 5.78 Å². The zero-order valence-corrected chi connectivity index (χ0v) is 9.63. The quantitative estimate of drug-likeness (QED) is 0.708. The van der Waals surface area contributed by atoms with Crippen molar-refractivity contribution in [2.24, 2.45) is 5.41 Å². The van der Waals surface area contributed by atoms with Gasteiger partial charge in [-0.15, -0.1) is 0 Å². The molecule has 3 nitrogen and oxygen atoms in total. The third kappa shape index (κ3) is 2.58. The molecule has 0 aromatic carbocycles. The summed E-state index contributed by atoms with van der Waals surface area (Å²) in [6.07, 6.45) is 4.29. The lowest BCUT2D eigenvalue weighted by molar-refractivity contribution is -0.117. The van der Waals surface area contributed by atoms with E-state index in [9.17, 15) is 4.79 Å². The van der Waals surface area contributed by atoms with Gasteiger partial charge in [0, 0.05) is 32.7 Å². The van der Waals surface area contributed by atoms with Crippen LogP contribution >= 0.6 is 0 Å². The van der Waals surface area contributed by atoms with Crippen LogP contribution in [0.2, 0.25) is 0 Å². The Morgan fingerprint density at radius 2 is 2.13 bits per heavy atom. The fraction of sp³-hybridized carbons (Fsp3) is 0.917. The molecule has 0 unspecified atom stereocenters. The molecule has 2 rings (SSSR count). The van der Waals surface area contributed by atoms with Crippen LogP contribution in [-0.4, -0.2) is 43.5 Å². The van der Waals surface area contributed by atoms with Gasteiger partial charge in [0.05, 0.1) is 6.54 Å². The Balaban J connectivity index is 1.91. The van der Waals surface area contributed by atoms with Crippen LogP contribution < -0.4 is 0 Å². The van der Waals surface area contributed by atoms with Gasteiger partial charge in [-0.2, -0.15) is 0 Å². The second-order valence-electron chi connectivity index (χ2n) is 4.97. The van der Waals surface area contributed by atoms with Crippen molar-refractivity contribution in [2.45, 2.75) is 32.6 Å². The maximum absolute atomic E-state index is 11.2. The van der Waals surface area contributed by atoms with E-state index in [-0.39, 0.29) is 0 Å². The summed E-state index contributed by atoms with van der Waals surface area (Å²) in [5, 5.41) is 0. The lowest BCUT2D eigenvalue weighted by atomic mass is 9.77. The summed E-state index contributed by atoms with van der Waals surface area (Å²) in [7, 11) is 0. The molecule has 0 spiro atoms. The highest BCUT2D eigenvalue weighted by atomic mass is 16.5. The first kappa shape index (κ1) is 11.1. The summed E-state index contributed by atoms with van der Waals surface area (Å²) in [6.45, 7) is 6.82. The van der Waals surface area contributed by atoms with Gasteiger partial charge in [0.2, 0.25) is 0 Å². The van der Waals surface area contributed by atoms with Crippen molar-refractivity contribution in [1.82, 2.24) is 4.90 Å². The zero-order valence-electron chi connectivity index (χ0n) is 9.63. The number of carbonyl (C=O) groups excluding carboxylic acids is 1. The molecule has 2 saturated heterocycles. The Kier molecular flexibility index (Phi) is 3.42. The summed E-state index contributed by atoms with van der Waals surface area (Å²) in [5.41, 5.74) is 0.420. The summed E-state index contributed by atoms with van der Waals surface area (Å²) in [4.78, 5) is 13.6. The highest BCUT2D eigenvalue weighted by Gasteiger charge is 2.34. The summed E-state index contributed by atoms with van der Waals surface area (Å²) >= 11 is 0. The average molecular weight is 211 g/mol. The molecule has 0 aromatic heterocycles. The van der Waals surface area contributed by atoms with Crippen LogP contribution in [0.4, 0.5) is 0 Å². The molecule has 0 atom stereocenters. The Morgan fingerprint density at radius 1 is 1.40 bits per heavy atom. The molecule has 0 aliphatic carbocycles. The zero-order chi connectivity index (χ0) is 10.7. The first-order valence-corrected chi connectivity index (χ1v) is 6.06. The number of rotatable bonds is 3. The molecule has 86 valence electrons. The van der Waals surface area contributed by atoms with Crippen molar-refractivity contribution < 1.29 is 9.53 Å². The molecular weight excluding hydrogens is 190 g/mol. The van der Waals surface area contributed by atoms with E-state index in [1.807, 2.05) is 0 Å². The van der Waals surface area contributed by atoms with E-state index in [4.69, 9.17) is 4.74 Å². The third-order valence-corrected chi connectivity index (χ3v) is 3.97. The normalized spacial score (nSPS) is 27.1. The van der Waals surface area contributed by atoms with Gasteiger partial charge < -0.3 is 4.74 Å². The monoisotopic (exact) mass is 211 g/mol. The van der Waals surface area contributed by atoms with Gasteiger partial charge in [0.1, 0.15) is 5.78 Å². The van der Waals surface area contributed by atoms with Gasteiger partial charge in [0.25, 0.3) is 0 Å². The Labute approximate surface area is 91.8 Å². The summed E-state index contributed by atoms with van der Waals surface area (Å²) < 4.78 is 5.43. The minimum Gasteiger partial charge on any atom is -0.381 e. The second-order valence-corrected chi connectivity index (χ2v) is 4.97. The molecule has 2 aliphatic heterocycles. The number of likely N-dealkylation sites (tertiary alicyclic amines) is 1. The number of nitrogens with zero attached hydrogens (tertiary/aromatic N) is 1. The van der Waals surface area contributed by atoms with Crippen molar-refractivity contribution in [2.75, 3.05) is 32.8 Å². The smallest absolute Gasteiger partial charge is 0.148 e. The molecule has 0 aromatic rings. The third-order valence-electron chi connectivity index (χ3n) is 3.97. The van der Waals surface area contributed by atoms with Crippen molar-refractivity contribution in [1.29, 1.82) is 0 Å². The van der Waals surface area contributed by atoms with Crippen LogP contribution in [0.5, 0.6) is 0 Å². The Hall–Kier alpha value is -0.410. The Morgan fingerprint density at radius 3 is 2.67 bits per heavy atom. The average Bonchev–Trinajstić information content (AvgIpc) is 2.65. The predicted octanol–water partition coefficient (Wildman–Crippen LogP) is 1.47. The molecule has 3 heteroatoms. The highest BCUT2D eigenvalue weighted by molar-refractivity contribution is 5.82. The van der Waals surface area contributed by atoms with Crippen LogP contribution in [0.25, 0.3) is 0 Å². The maximum atomic E-state index is 11.2. The molecule has 2 heterocycles. The van der Waals surface area contributed by atoms with E-state index in [2.05, 4.69) is 11.8 Å². The van der Waals surface area contributed by atoms with Crippen LogP contribution in [0.1, 0.15) is 32.6 Å². The molecule has 2 aliphatic rings. The first-order chi connectivity index (χ1) is 7.24. The minimum absolute atomic E-state index is 0.410. The number of ketones is 1. The molecule has 15 heavy (non-hydrogen) atoms. The van der Waals surface area contributed by atoms with E-state index >= 15 is 0 Å². The van der Waals surface area contributed by atoms with E-state index in [0.717, 1.165) is 45.6 Å². The van der Waals surface area contributed by atoms with Crippen LogP contribution in [0.3, 0.4) is 0 Å². The number of hydrogen-bond acceptors (Lipinski definition) is 3. The van der Waals surface area contributed by atoms with Gasteiger partial charge in [-0.3, -0.25) is 9.69 Å². The molecule has 0 amide bonds. The van der Waals surface area contributed by atoms with E-state index in [0.29, 0.717) is 17.7 Å². The fourth-order valence-electron chi connectivity index (χ4n) is 2.73. The molecule has 0 radical (unpaired) electrons. The first-order valence-electron chi connectivity index (χ1n) is 6.06. The molecule has 0 N–H and O–H groups in total. The van der Waals surface area contributed by atoms with E-state index in [1.165, 1.54) is 6.42 Å². The van der Waals surface area contributed by atoms with Gasteiger partial charge in [-0.05, 0) is 24.7 Å². The molecular formula is C12H21NO2. The number of hydrogen-bond donors (Lipinski definition) is 0. The Bertz CT molecular complexity index is 234. The van der Waals surface area contributed by atoms with Gasteiger partial charge >= 0.3 is 0 Å². The SMILES string of the molecule is CCC1(CN2CCC(=O)C2)CCOCC1.